The second-order valence-electron chi connectivity index (χ2n) is 6.35. The predicted octanol–water partition coefficient (Wildman–Crippen LogP) is 1.14. The van der Waals surface area contributed by atoms with Crippen molar-refractivity contribution in [3.8, 4) is 0 Å². The largest absolute Gasteiger partial charge is 0.396 e. The maximum absolute atomic E-state index is 9.05. The molecule has 0 heterocycles. The van der Waals surface area contributed by atoms with Crippen LogP contribution < -0.4 is 0 Å². The van der Waals surface area contributed by atoms with Gasteiger partial charge in [-0.15, -0.1) is 0 Å². The molecule has 0 aromatic heterocycles. The first kappa shape index (κ1) is 24.0. The first-order chi connectivity index (χ1) is 13.3. The normalized spacial score (nSPS) is 11.8. The smallest absolute Gasteiger partial charge is 0.138 e. The summed E-state index contributed by atoms with van der Waals surface area (Å²) in [5, 5.41) is 26.9. The Bertz CT molecular complexity index is 429. The average molecular weight is 386 g/mol. The van der Waals surface area contributed by atoms with Gasteiger partial charge in [-0.05, 0) is 24.8 Å². The Morgan fingerprint density at radius 2 is 1.19 bits per heavy atom. The summed E-state index contributed by atoms with van der Waals surface area (Å²) in [6.07, 6.45) is 1.60. The summed E-state index contributed by atoms with van der Waals surface area (Å²) in [5.74, 6) is 0. The zero-order chi connectivity index (χ0) is 19.6. The summed E-state index contributed by atoms with van der Waals surface area (Å²) < 4.78 is 23.2. The minimum atomic E-state index is -0.811. The third-order valence-electron chi connectivity index (χ3n) is 3.81. The highest BCUT2D eigenvalue weighted by atomic mass is 16.6. The van der Waals surface area contributed by atoms with Gasteiger partial charge in [-0.1, -0.05) is 30.3 Å². The van der Waals surface area contributed by atoms with Gasteiger partial charge in [0.2, 0.25) is 0 Å². The lowest BCUT2D eigenvalue weighted by Crippen LogP contribution is -2.47. The van der Waals surface area contributed by atoms with Gasteiger partial charge in [0.05, 0.1) is 26.4 Å². The fourth-order valence-corrected chi connectivity index (χ4v) is 2.38. The molecule has 3 N–H and O–H groups in total. The molecule has 0 bridgehead atoms. The second kappa shape index (κ2) is 15.9. The Balaban J connectivity index is 2.65. The van der Waals surface area contributed by atoms with Crippen LogP contribution in [-0.2, 0) is 25.6 Å². The highest BCUT2D eigenvalue weighted by molar-refractivity contribution is 5.13. The minimum Gasteiger partial charge on any atom is -0.396 e. The van der Waals surface area contributed by atoms with Crippen molar-refractivity contribution in [1.82, 2.24) is 0 Å². The lowest BCUT2D eigenvalue weighted by Gasteiger charge is -2.33. The van der Waals surface area contributed by atoms with Gasteiger partial charge in [0.15, 0.2) is 0 Å². The van der Waals surface area contributed by atoms with Crippen molar-refractivity contribution in [2.75, 3.05) is 59.5 Å². The van der Waals surface area contributed by atoms with E-state index in [1.54, 1.807) is 0 Å². The summed E-state index contributed by atoms with van der Waals surface area (Å²) in [7, 11) is 0. The molecule has 0 aliphatic rings. The van der Waals surface area contributed by atoms with Gasteiger partial charge >= 0.3 is 0 Å². The Morgan fingerprint density at radius 1 is 0.667 bits per heavy atom. The molecule has 0 fully saturated rings. The van der Waals surface area contributed by atoms with Gasteiger partial charge in [0, 0.05) is 39.6 Å². The van der Waals surface area contributed by atoms with E-state index in [1.807, 2.05) is 30.3 Å². The molecule has 0 unspecified atom stereocenters. The molecule has 156 valence electrons. The number of rotatable bonds is 18. The van der Waals surface area contributed by atoms with Crippen molar-refractivity contribution in [3.63, 3.8) is 0 Å². The Morgan fingerprint density at radius 3 is 1.74 bits per heavy atom. The monoisotopic (exact) mass is 386 g/mol. The molecule has 1 aromatic rings. The van der Waals surface area contributed by atoms with E-state index in [0.29, 0.717) is 45.7 Å². The summed E-state index contributed by atoms with van der Waals surface area (Å²) in [4.78, 5) is 0. The molecule has 0 aliphatic carbocycles. The van der Waals surface area contributed by atoms with E-state index >= 15 is 0 Å². The van der Waals surface area contributed by atoms with E-state index in [4.69, 9.17) is 34.3 Å². The summed E-state index contributed by atoms with van der Waals surface area (Å²) in [6.45, 7) is 2.58. The molecule has 0 amide bonds. The Kier molecular flexibility index (Phi) is 14.2. The standard InChI is InChI=1S/C20H34O7/c21-9-4-12-24-16-20(27-14-6-11-23,17-25-13-5-10-22)18-26-15-19-7-2-1-3-8-19/h1-3,7-8,21-23H,4-6,9-18H2. The van der Waals surface area contributed by atoms with Crippen molar-refractivity contribution in [2.45, 2.75) is 31.5 Å². The highest BCUT2D eigenvalue weighted by Crippen LogP contribution is 2.17. The van der Waals surface area contributed by atoms with Crippen LogP contribution in [0.1, 0.15) is 24.8 Å². The van der Waals surface area contributed by atoms with Crippen LogP contribution in [-0.4, -0.2) is 80.4 Å². The number of hydrogen-bond acceptors (Lipinski definition) is 7. The zero-order valence-electron chi connectivity index (χ0n) is 16.1. The van der Waals surface area contributed by atoms with E-state index in [-0.39, 0.29) is 39.6 Å². The van der Waals surface area contributed by atoms with E-state index < -0.39 is 5.60 Å². The van der Waals surface area contributed by atoms with Crippen LogP contribution in [0.3, 0.4) is 0 Å². The van der Waals surface area contributed by atoms with Crippen LogP contribution >= 0.6 is 0 Å². The number of aliphatic hydroxyl groups is 3. The van der Waals surface area contributed by atoms with Crippen LogP contribution in [0, 0.1) is 0 Å². The van der Waals surface area contributed by atoms with Crippen LogP contribution in [0.15, 0.2) is 30.3 Å². The SMILES string of the molecule is OCCCOCC(COCCCO)(COCc1ccccc1)OCCCO. The number of ether oxygens (including phenoxy) is 4. The molecule has 0 spiro atoms. The maximum atomic E-state index is 9.05. The van der Waals surface area contributed by atoms with E-state index in [0.717, 1.165) is 5.56 Å². The molecular weight excluding hydrogens is 352 g/mol. The lowest BCUT2D eigenvalue weighted by atomic mass is 10.1. The average Bonchev–Trinajstić information content (AvgIpc) is 2.70. The van der Waals surface area contributed by atoms with Crippen molar-refractivity contribution in [3.05, 3.63) is 35.9 Å². The molecule has 7 nitrogen and oxygen atoms in total. The molecule has 0 saturated carbocycles. The second-order valence-corrected chi connectivity index (χ2v) is 6.35. The highest BCUT2D eigenvalue weighted by Gasteiger charge is 2.33. The van der Waals surface area contributed by atoms with Gasteiger partial charge in [-0.3, -0.25) is 0 Å². The third-order valence-corrected chi connectivity index (χ3v) is 3.81. The molecule has 1 rings (SSSR count). The van der Waals surface area contributed by atoms with Gasteiger partial charge in [0.25, 0.3) is 0 Å². The number of benzene rings is 1. The first-order valence-electron chi connectivity index (χ1n) is 9.50. The molecule has 27 heavy (non-hydrogen) atoms. The lowest BCUT2D eigenvalue weighted by molar-refractivity contribution is -0.170. The topological polar surface area (TPSA) is 97.6 Å². The molecule has 0 aliphatic heterocycles. The molecular formula is C20H34O7. The fourth-order valence-electron chi connectivity index (χ4n) is 2.38. The van der Waals surface area contributed by atoms with E-state index in [2.05, 4.69) is 0 Å². The Hall–Kier alpha value is -1.06. The van der Waals surface area contributed by atoms with Crippen LogP contribution in [0.2, 0.25) is 0 Å². The molecule has 0 saturated heterocycles. The quantitative estimate of drug-likeness (QED) is 0.326. The van der Waals surface area contributed by atoms with Crippen LogP contribution in [0.25, 0.3) is 0 Å². The van der Waals surface area contributed by atoms with Crippen molar-refractivity contribution >= 4 is 0 Å². The maximum Gasteiger partial charge on any atom is 0.138 e. The van der Waals surface area contributed by atoms with Crippen LogP contribution in [0.5, 0.6) is 0 Å². The summed E-state index contributed by atoms with van der Waals surface area (Å²) >= 11 is 0. The molecule has 1 aromatic carbocycles. The molecule has 0 atom stereocenters. The summed E-state index contributed by atoms with van der Waals surface area (Å²) in [6, 6.07) is 9.85. The Labute approximate surface area is 161 Å². The third kappa shape index (κ3) is 11.4. The van der Waals surface area contributed by atoms with Crippen molar-refractivity contribution in [1.29, 1.82) is 0 Å². The predicted molar refractivity (Wildman–Crippen MR) is 102 cm³/mol. The van der Waals surface area contributed by atoms with Gasteiger partial charge in [-0.25, -0.2) is 0 Å². The van der Waals surface area contributed by atoms with Gasteiger partial charge < -0.3 is 34.3 Å². The number of hydrogen-bond donors (Lipinski definition) is 3. The van der Waals surface area contributed by atoms with Crippen molar-refractivity contribution in [2.24, 2.45) is 0 Å². The zero-order valence-corrected chi connectivity index (χ0v) is 16.1. The summed E-state index contributed by atoms with van der Waals surface area (Å²) in [5.41, 5.74) is 0.249. The molecule has 0 radical (unpaired) electrons. The number of aliphatic hydroxyl groups excluding tert-OH is 3. The minimum absolute atomic E-state index is 0.0394. The van der Waals surface area contributed by atoms with E-state index in [9.17, 15) is 0 Å². The van der Waals surface area contributed by atoms with Crippen LogP contribution in [0.4, 0.5) is 0 Å². The van der Waals surface area contributed by atoms with Crippen molar-refractivity contribution < 1.29 is 34.3 Å². The first-order valence-corrected chi connectivity index (χ1v) is 9.50. The van der Waals surface area contributed by atoms with E-state index in [1.165, 1.54) is 0 Å². The van der Waals surface area contributed by atoms with Gasteiger partial charge in [-0.2, -0.15) is 0 Å². The fraction of sp³-hybridized carbons (Fsp3) is 0.700. The van der Waals surface area contributed by atoms with Gasteiger partial charge in [0.1, 0.15) is 5.60 Å². The molecule has 7 heteroatoms.